The number of hydrogen-bond donors (Lipinski definition) is 1. The summed E-state index contributed by atoms with van der Waals surface area (Å²) in [6.45, 7) is 6.34. The minimum absolute atomic E-state index is 0.0895. The molecule has 0 amide bonds. The van der Waals surface area contributed by atoms with E-state index >= 15 is 0 Å². The first kappa shape index (κ1) is 14.9. The van der Waals surface area contributed by atoms with Gasteiger partial charge in [0.25, 0.3) is 0 Å². The Morgan fingerprint density at radius 2 is 2.06 bits per heavy atom. The standard InChI is InChI=1S/C14H25N3O/c1-4-7-13(15)14(18)10-11-8-9-17(16-11)12(5-2)6-3/h8-9,12-13H,4-7,10,15H2,1-3H3. The molecule has 102 valence electrons. The number of Topliss-reactive ketones (excluding diaryl/α,β-unsaturated/α-hetero) is 1. The summed E-state index contributed by atoms with van der Waals surface area (Å²) in [5.41, 5.74) is 6.64. The van der Waals surface area contributed by atoms with Gasteiger partial charge in [-0.1, -0.05) is 27.2 Å². The summed E-state index contributed by atoms with van der Waals surface area (Å²) in [6.07, 6.45) is 6.13. The number of ketones is 1. The van der Waals surface area contributed by atoms with E-state index in [2.05, 4.69) is 18.9 Å². The Hall–Kier alpha value is -1.16. The van der Waals surface area contributed by atoms with Crippen molar-refractivity contribution >= 4 is 5.78 Å². The fourth-order valence-electron chi connectivity index (χ4n) is 2.12. The van der Waals surface area contributed by atoms with Gasteiger partial charge >= 0.3 is 0 Å². The third kappa shape index (κ3) is 3.95. The van der Waals surface area contributed by atoms with Crippen LogP contribution in [0.5, 0.6) is 0 Å². The molecule has 1 heterocycles. The predicted octanol–water partition coefficient (Wildman–Crippen LogP) is 2.48. The maximum atomic E-state index is 11.8. The quantitative estimate of drug-likeness (QED) is 0.772. The Labute approximate surface area is 110 Å². The van der Waals surface area contributed by atoms with Gasteiger partial charge < -0.3 is 5.73 Å². The molecule has 0 aliphatic rings. The molecule has 1 unspecified atom stereocenters. The lowest BCUT2D eigenvalue weighted by Gasteiger charge is -2.12. The maximum Gasteiger partial charge on any atom is 0.155 e. The van der Waals surface area contributed by atoms with Crippen molar-refractivity contribution in [2.75, 3.05) is 0 Å². The van der Waals surface area contributed by atoms with Crippen LogP contribution in [0.25, 0.3) is 0 Å². The first-order valence-corrected chi connectivity index (χ1v) is 6.94. The van der Waals surface area contributed by atoms with Gasteiger partial charge in [0.05, 0.1) is 24.2 Å². The number of carbonyl (C=O) groups is 1. The van der Waals surface area contributed by atoms with Crippen LogP contribution in [0.1, 0.15) is 58.2 Å². The van der Waals surface area contributed by atoms with Crippen molar-refractivity contribution in [1.82, 2.24) is 9.78 Å². The lowest BCUT2D eigenvalue weighted by Crippen LogP contribution is -2.31. The normalized spacial score (nSPS) is 12.9. The van der Waals surface area contributed by atoms with Crippen LogP contribution in [0.4, 0.5) is 0 Å². The second kappa shape index (κ2) is 7.31. The highest BCUT2D eigenvalue weighted by atomic mass is 16.1. The second-order valence-electron chi connectivity index (χ2n) is 4.80. The number of rotatable bonds is 8. The van der Waals surface area contributed by atoms with Gasteiger partial charge in [0.15, 0.2) is 5.78 Å². The molecule has 0 bridgehead atoms. The highest BCUT2D eigenvalue weighted by Crippen LogP contribution is 2.14. The van der Waals surface area contributed by atoms with Crippen LogP contribution >= 0.6 is 0 Å². The summed E-state index contributed by atoms with van der Waals surface area (Å²) in [6, 6.07) is 2.01. The molecular formula is C14H25N3O. The number of nitrogens with zero attached hydrogens (tertiary/aromatic N) is 2. The molecule has 1 aromatic heterocycles. The molecule has 0 saturated heterocycles. The minimum atomic E-state index is -0.340. The molecule has 4 nitrogen and oxygen atoms in total. The van der Waals surface area contributed by atoms with Gasteiger partial charge in [-0.3, -0.25) is 9.48 Å². The van der Waals surface area contributed by atoms with Crippen molar-refractivity contribution in [2.24, 2.45) is 5.73 Å². The van der Waals surface area contributed by atoms with Gasteiger partial charge in [0.1, 0.15) is 0 Å². The molecule has 1 rings (SSSR count). The second-order valence-corrected chi connectivity index (χ2v) is 4.80. The van der Waals surface area contributed by atoms with E-state index in [0.29, 0.717) is 12.5 Å². The Balaban J connectivity index is 2.61. The van der Waals surface area contributed by atoms with E-state index in [0.717, 1.165) is 31.4 Å². The highest BCUT2D eigenvalue weighted by molar-refractivity contribution is 5.85. The molecule has 0 saturated carbocycles. The maximum absolute atomic E-state index is 11.8. The predicted molar refractivity (Wildman–Crippen MR) is 73.4 cm³/mol. The van der Waals surface area contributed by atoms with Crippen molar-refractivity contribution < 1.29 is 4.79 Å². The lowest BCUT2D eigenvalue weighted by molar-refractivity contribution is -0.119. The zero-order chi connectivity index (χ0) is 13.5. The van der Waals surface area contributed by atoms with E-state index in [1.54, 1.807) is 0 Å². The number of hydrogen-bond acceptors (Lipinski definition) is 3. The van der Waals surface area contributed by atoms with Crippen LogP contribution in [0.2, 0.25) is 0 Å². The van der Waals surface area contributed by atoms with Crippen molar-refractivity contribution in [2.45, 2.75) is 65.0 Å². The summed E-state index contributed by atoms with van der Waals surface area (Å²) in [4.78, 5) is 11.8. The minimum Gasteiger partial charge on any atom is -0.321 e. The van der Waals surface area contributed by atoms with Crippen LogP contribution in [-0.2, 0) is 11.2 Å². The van der Waals surface area contributed by atoms with Crippen LogP contribution in [0, 0.1) is 0 Å². The third-order valence-corrected chi connectivity index (χ3v) is 3.35. The Bertz CT molecular complexity index is 369. The number of carbonyl (C=O) groups excluding carboxylic acids is 1. The van der Waals surface area contributed by atoms with Crippen molar-refractivity contribution in [3.8, 4) is 0 Å². The monoisotopic (exact) mass is 251 g/mol. The molecule has 1 atom stereocenters. The zero-order valence-corrected chi connectivity index (χ0v) is 11.7. The Kier molecular flexibility index (Phi) is 6.05. The molecule has 0 radical (unpaired) electrons. The molecule has 1 aromatic rings. The van der Waals surface area contributed by atoms with Crippen molar-refractivity contribution in [3.63, 3.8) is 0 Å². The molecule has 0 spiro atoms. The average molecular weight is 251 g/mol. The molecule has 18 heavy (non-hydrogen) atoms. The van der Waals surface area contributed by atoms with Crippen LogP contribution < -0.4 is 5.73 Å². The van der Waals surface area contributed by atoms with Gasteiger partial charge in [-0.2, -0.15) is 5.10 Å². The average Bonchev–Trinajstić information content (AvgIpc) is 2.79. The lowest BCUT2D eigenvalue weighted by atomic mass is 10.0. The van der Waals surface area contributed by atoms with Gasteiger partial charge in [-0.15, -0.1) is 0 Å². The molecule has 0 aromatic carbocycles. The summed E-state index contributed by atoms with van der Waals surface area (Å²) >= 11 is 0. The molecular weight excluding hydrogens is 226 g/mol. The van der Waals surface area contributed by atoms with Crippen molar-refractivity contribution in [1.29, 1.82) is 0 Å². The molecule has 0 aliphatic heterocycles. The Morgan fingerprint density at radius 1 is 1.39 bits per heavy atom. The fourth-order valence-corrected chi connectivity index (χ4v) is 2.12. The van der Waals surface area contributed by atoms with Gasteiger partial charge in [-0.25, -0.2) is 0 Å². The molecule has 0 aliphatic carbocycles. The van der Waals surface area contributed by atoms with Crippen LogP contribution in [-0.4, -0.2) is 21.6 Å². The molecule has 2 N–H and O–H groups in total. The van der Waals surface area contributed by atoms with Gasteiger partial charge in [0, 0.05) is 6.20 Å². The third-order valence-electron chi connectivity index (χ3n) is 3.35. The van der Waals surface area contributed by atoms with E-state index in [4.69, 9.17) is 5.73 Å². The van der Waals surface area contributed by atoms with Crippen molar-refractivity contribution in [3.05, 3.63) is 18.0 Å². The highest BCUT2D eigenvalue weighted by Gasteiger charge is 2.15. The Morgan fingerprint density at radius 3 is 2.61 bits per heavy atom. The first-order chi connectivity index (χ1) is 8.62. The van der Waals surface area contributed by atoms with Crippen LogP contribution in [0.15, 0.2) is 12.3 Å². The molecule has 0 fully saturated rings. The number of nitrogens with two attached hydrogens (primary N) is 1. The van der Waals surface area contributed by atoms with Gasteiger partial charge in [0.2, 0.25) is 0 Å². The summed E-state index contributed by atoms with van der Waals surface area (Å²) in [7, 11) is 0. The first-order valence-electron chi connectivity index (χ1n) is 6.94. The van der Waals surface area contributed by atoms with E-state index in [1.165, 1.54) is 0 Å². The SMILES string of the molecule is CCCC(N)C(=O)Cc1ccn(C(CC)CC)n1. The summed E-state index contributed by atoms with van der Waals surface area (Å²) < 4.78 is 1.97. The smallest absolute Gasteiger partial charge is 0.155 e. The van der Waals surface area contributed by atoms with E-state index in [9.17, 15) is 4.79 Å². The fraction of sp³-hybridized carbons (Fsp3) is 0.714. The van der Waals surface area contributed by atoms with Crippen LogP contribution in [0.3, 0.4) is 0 Å². The summed E-state index contributed by atoms with van der Waals surface area (Å²) in [5, 5.41) is 4.48. The molecule has 4 heteroatoms. The summed E-state index contributed by atoms with van der Waals surface area (Å²) in [5.74, 6) is 0.0895. The van der Waals surface area contributed by atoms with Gasteiger partial charge in [-0.05, 0) is 25.3 Å². The number of aromatic nitrogens is 2. The van der Waals surface area contributed by atoms with E-state index in [1.807, 2.05) is 23.9 Å². The zero-order valence-electron chi connectivity index (χ0n) is 11.7. The van der Waals surface area contributed by atoms with E-state index < -0.39 is 0 Å². The largest absolute Gasteiger partial charge is 0.321 e. The van der Waals surface area contributed by atoms with E-state index in [-0.39, 0.29) is 11.8 Å². The topological polar surface area (TPSA) is 60.9 Å².